The maximum atomic E-state index is 14.4. The van der Waals surface area contributed by atoms with Crippen LogP contribution < -0.4 is 9.62 Å². The van der Waals surface area contributed by atoms with Gasteiger partial charge in [0, 0.05) is 32.2 Å². The number of rotatable bonds is 10. The van der Waals surface area contributed by atoms with Gasteiger partial charge in [0.1, 0.15) is 18.4 Å². The van der Waals surface area contributed by atoms with Gasteiger partial charge in [0.2, 0.25) is 11.8 Å². The highest BCUT2D eigenvalue weighted by Crippen LogP contribution is 2.21. The topological polar surface area (TPSA) is 90.0 Å². The van der Waals surface area contributed by atoms with E-state index < -0.39 is 40.4 Å². The Bertz CT molecular complexity index is 1060. The first-order valence-electron chi connectivity index (χ1n) is 10.5. The van der Waals surface area contributed by atoms with E-state index in [9.17, 15) is 22.4 Å². The second kappa shape index (κ2) is 11.2. The number of amides is 2. The lowest BCUT2D eigenvalue weighted by Crippen LogP contribution is -2.53. The summed E-state index contributed by atoms with van der Waals surface area (Å²) in [6.07, 6.45) is 0. The van der Waals surface area contributed by atoms with Crippen molar-refractivity contribution in [3.63, 3.8) is 0 Å². The molecule has 0 aliphatic rings. The third-order valence-corrected chi connectivity index (χ3v) is 6.78. The van der Waals surface area contributed by atoms with Crippen LogP contribution in [0.4, 0.5) is 10.1 Å². The molecule has 0 spiro atoms. The molecule has 0 radical (unpaired) electrons. The molecule has 180 valence electrons. The number of carbonyl (C=O) groups is 2. The number of benzene rings is 2. The van der Waals surface area contributed by atoms with Gasteiger partial charge in [-0.3, -0.25) is 9.59 Å². The molecule has 10 heteroatoms. The number of hydrogen-bond acceptors (Lipinski definition) is 4. The standard InChI is InChI=1S/C23H31FN4O4S/c1-17(2)25-23(30)18(3)27(15-19-11-9-10-14-21(19)24)22(29)16-28(33(31,32)26(4)5)20-12-7-6-8-13-20/h6-14,17-18H,15-16H2,1-5H3,(H,25,30)/t18-/m0/s1. The van der Waals surface area contributed by atoms with E-state index in [1.54, 1.807) is 50.2 Å². The molecule has 2 aromatic carbocycles. The Balaban J connectivity index is 2.44. The van der Waals surface area contributed by atoms with Crippen molar-refractivity contribution in [3.05, 3.63) is 66.0 Å². The van der Waals surface area contributed by atoms with Gasteiger partial charge < -0.3 is 10.2 Å². The summed E-state index contributed by atoms with van der Waals surface area (Å²) in [5.74, 6) is -1.58. The minimum Gasteiger partial charge on any atom is -0.352 e. The Morgan fingerprint density at radius 3 is 2.09 bits per heavy atom. The number of anilines is 1. The van der Waals surface area contributed by atoms with Gasteiger partial charge in [-0.25, -0.2) is 8.70 Å². The Kier molecular flexibility index (Phi) is 8.95. The van der Waals surface area contributed by atoms with E-state index in [2.05, 4.69) is 5.32 Å². The lowest BCUT2D eigenvalue weighted by molar-refractivity contribution is -0.139. The molecule has 2 aromatic rings. The van der Waals surface area contributed by atoms with Gasteiger partial charge in [0.25, 0.3) is 0 Å². The normalized spacial score (nSPS) is 12.5. The molecule has 0 unspecified atom stereocenters. The Hall–Kier alpha value is -2.98. The summed E-state index contributed by atoms with van der Waals surface area (Å²) in [5, 5.41) is 2.75. The summed E-state index contributed by atoms with van der Waals surface area (Å²) < 4.78 is 42.3. The van der Waals surface area contributed by atoms with E-state index in [4.69, 9.17) is 0 Å². The fourth-order valence-corrected chi connectivity index (χ4v) is 4.16. The van der Waals surface area contributed by atoms with Crippen LogP contribution in [0.2, 0.25) is 0 Å². The van der Waals surface area contributed by atoms with E-state index in [0.717, 1.165) is 8.61 Å². The van der Waals surface area contributed by atoms with E-state index in [-0.39, 0.29) is 18.2 Å². The Morgan fingerprint density at radius 2 is 1.55 bits per heavy atom. The van der Waals surface area contributed by atoms with Crippen molar-refractivity contribution >= 4 is 27.7 Å². The highest BCUT2D eigenvalue weighted by molar-refractivity contribution is 7.90. The van der Waals surface area contributed by atoms with Gasteiger partial charge >= 0.3 is 10.2 Å². The van der Waals surface area contributed by atoms with Gasteiger partial charge in [-0.2, -0.15) is 12.7 Å². The van der Waals surface area contributed by atoms with Crippen LogP contribution >= 0.6 is 0 Å². The molecular formula is C23H31FN4O4S. The monoisotopic (exact) mass is 478 g/mol. The Labute approximate surface area is 195 Å². The minimum absolute atomic E-state index is 0.166. The lowest BCUT2D eigenvalue weighted by atomic mass is 10.1. The van der Waals surface area contributed by atoms with E-state index in [1.165, 1.54) is 44.1 Å². The summed E-state index contributed by atoms with van der Waals surface area (Å²) >= 11 is 0. The molecular weight excluding hydrogens is 447 g/mol. The zero-order valence-electron chi connectivity index (χ0n) is 19.5. The third-order valence-electron chi connectivity index (χ3n) is 4.96. The van der Waals surface area contributed by atoms with Crippen molar-refractivity contribution in [1.29, 1.82) is 0 Å². The molecule has 0 aliphatic carbocycles. The van der Waals surface area contributed by atoms with Crippen LogP contribution in [0.15, 0.2) is 54.6 Å². The predicted molar refractivity (Wildman–Crippen MR) is 126 cm³/mol. The summed E-state index contributed by atoms with van der Waals surface area (Å²) in [5.41, 5.74) is 0.515. The van der Waals surface area contributed by atoms with Crippen LogP contribution in [-0.4, -0.2) is 62.2 Å². The van der Waals surface area contributed by atoms with Gasteiger partial charge in [-0.05, 0) is 39.0 Å². The average Bonchev–Trinajstić information content (AvgIpc) is 2.76. The van der Waals surface area contributed by atoms with Crippen molar-refractivity contribution in [1.82, 2.24) is 14.5 Å². The molecule has 0 saturated heterocycles. The number of hydrogen-bond donors (Lipinski definition) is 1. The van der Waals surface area contributed by atoms with Crippen LogP contribution in [0, 0.1) is 5.82 Å². The second-order valence-electron chi connectivity index (χ2n) is 8.08. The van der Waals surface area contributed by atoms with Crippen LogP contribution in [0.25, 0.3) is 0 Å². The highest BCUT2D eigenvalue weighted by Gasteiger charge is 2.33. The van der Waals surface area contributed by atoms with Gasteiger partial charge in [0.15, 0.2) is 0 Å². The minimum atomic E-state index is -4.02. The third kappa shape index (κ3) is 6.75. The summed E-state index contributed by atoms with van der Waals surface area (Å²) in [6, 6.07) is 13.0. The van der Waals surface area contributed by atoms with Crippen LogP contribution in [0.3, 0.4) is 0 Å². The summed E-state index contributed by atoms with van der Waals surface area (Å²) in [7, 11) is -1.29. The second-order valence-corrected chi connectivity index (χ2v) is 10.2. The first-order valence-corrected chi connectivity index (χ1v) is 11.9. The number of carbonyl (C=O) groups excluding carboxylic acids is 2. The first kappa shape index (κ1) is 26.3. The van der Waals surface area contributed by atoms with Gasteiger partial charge in [-0.15, -0.1) is 0 Å². The lowest BCUT2D eigenvalue weighted by Gasteiger charge is -2.33. The SMILES string of the molecule is CC(C)NC(=O)[C@H](C)N(Cc1ccccc1F)C(=O)CN(c1ccccc1)S(=O)(=O)N(C)C. The van der Waals surface area contributed by atoms with Gasteiger partial charge in [0.05, 0.1) is 5.69 Å². The van der Waals surface area contributed by atoms with Crippen LogP contribution in [-0.2, 0) is 26.3 Å². The van der Waals surface area contributed by atoms with Crippen LogP contribution in [0.5, 0.6) is 0 Å². The number of halogens is 1. The van der Waals surface area contributed by atoms with E-state index in [0.29, 0.717) is 5.69 Å². The molecule has 0 saturated carbocycles. The molecule has 2 amide bonds. The number of nitrogens with one attached hydrogen (secondary N) is 1. The van der Waals surface area contributed by atoms with E-state index >= 15 is 0 Å². The maximum absolute atomic E-state index is 14.4. The average molecular weight is 479 g/mol. The van der Waals surface area contributed by atoms with Crippen molar-refractivity contribution in [2.75, 3.05) is 24.9 Å². The molecule has 0 aliphatic heterocycles. The fourth-order valence-electron chi connectivity index (χ4n) is 3.11. The molecule has 0 aromatic heterocycles. The number of para-hydroxylation sites is 1. The van der Waals surface area contributed by atoms with Crippen LogP contribution in [0.1, 0.15) is 26.3 Å². The van der Waals surface area contributed by atoms with Crippen molar-refractivity contribution in [2.45, 2.75) is 39.4 Å². The predicted octanol–water partition coefficient (Wildman–Crippen LogP) is 2.38. The fraction of sp³-hybridized carbons (Fsp3) is 0.391. The zero-order valence-corrected chi connectivity index (χ0v) is 20.3. The summed E-state index contributed by atoms with van der Waals surface area (Å²) in [6.45, 7) is 4.35. The molecule has 0 heterocycles. The number of nitrogens with zero attached hydrogens (tertiary/aromatic N) is 3. The molecule has 33 heavy (non-hydrogen) atoms. The van der Waals surface area contributed by atoms with Crippen molar-refractivity contribution in [3.8, 4) is 0 Å². The van der Waals surface area contributed by atoms with Crippen molar-refractivity contribution in [2.24, 2.45) is 0 Å². The van der Waals surface area contributed by atoms with E-state index in [1.807, 2.05) is 0 Å². The van der Waals surface area contributed by atoms with Gasteiger partial charge in [-0.1, -0.05) is 36.4 Å². The Morgan fingerprint density at radius 1 is 0.970 bits per heavy atom. The largest absolute Gasteiger partial charge is 0.352 e. The molecule has 0 fully saturated rings. The maximum Gasteiger partial charge on any atom is 0.304 e. The first-order chi connectivity index (χ1) is 15.4. The quantitative estimate of drug-likeness (QED) is 0.568. The molecule has 2 rings (SSSR count). The summed E-state index contributed by atoms with van der Waals surface area (Å²) in [4.78, 5) is 27.3. The van der Waals surface area contributed by atoms with Crippen molar-refractivity contribution < 1.29 is 22.4 Å². The molecule has 0 bridgehead atoms. The molecule has 8 nitrogen and oxygen atoms in total. The molecule has 1 N–H and O–H groups in total. The highest BCUT2D eigenvalue weighted by atomic mass is 32.2. The molecule has 1 atom stereocenters. The zero-order chi connectivity index (χ0) is 24.8. The smallest absolute Gasteiger partial charge is 0.304 e.